The van der Waals surface area contributed by atoms with E-state index in [1.54, 1.807) is 0 Å². The van der Waals surface area contributed by atoms with E-state index in [2.05, 4.69) is 200 Å². The number of imidazole rings is 1. The maximum absolute atomic E-state index is 5.10. The van der Waals surface area contributed by atoms with Crippen LogP contribution in [-0.4, -0.2) is 9.55 Å². The van der Waals surface area contributed by atoms with Gasteiger partial charge in [-0.3, -0.25) is 4.57 Å². The first-order valence-corrected chi connectivity index (χ1v) is 18.6. The summed E-state index contributed by atoms with van der Waals surface area (Å²) in [4.78, 5) is 5.10. The van der Waals surface area contributed by atoms with E-state index < -0.39 is 0 Å². The zero-order chi connectivity index (χ0) is 35.8. The van der Waals surface area contributed by atoms with Crippen molar-refractivity contribution in [3.05, 3.63) is 194 Å². The molecule has 0 amide bonds. The predicted molar refractivity (Wildman–Crippen MR) is 230 cm³/mol. The molecule has 1 aromatic heterocycles. The average molecular weight is 687 g/mol. The van der Waals surface area contributed by atoms with Gasteiger partial charge in [0.2, 0.25) is 0 Å². The largest absolute Gasteiger partial charge is 0.292 e. The van der Waals surface area contributed by atoms with Crippen molar-refractivity contribution < 1.29 is 0 Å². The van der Waals surface area contributed by atoms with Crippen LogP contribution in [0.2, 0.25) is 0 Å². The van der Waals surface area contributed by atoms with Gasteiger partial charge in [-0.1, -0.05) is 146 Å². The molecule has 0 bridgehead atoms. The number of aryl methyl sites for hydroxylation is 1. The van der Waals surface area contributed by atoms with Crippen molar-refractivity contribution >= 4 is 64.9 Å². The molecule has 11 aromatic rings. The minimum Gasteiger partial charge on any atom is -0.292 e. The highest BCUT2D eigenvalue weighted by atomic mass is 15.1. The fourth-order valence-corrected chi connectivity index (χ4v) is 8.71. The van der Waals surface area contributed by atoms with Crippen molar-refractivity contribution in [1.29, 1.82) is 0 Å². The van der Waals surface area contributed by atoms with Crippen molar-refractivity contribution in [2.45, 2.75) is 6.92 Å². The minimum atomic E-state index is 0.946. The molecular formula is C52H34N2. The van der Waals surface area contributed by atoms with Gasteiger partial charge in [0, 0.05) is 11.3 Å². The average Bonchev–Trinajstić information content (AvgIpc) is 3.62. The second-order valence-electron chi connectivity index (χ2n) is 14.4. The summed E-state index contributed by atoms with van der Waals surface area (Å²) in [7, 11) is 0. The van der Waals surface area contributed by atoms with Crippen molar-refractivity contribution in [2.24, 2.45) is 0 Å². The summed E-state index contributed by atoms with van der Waals surface area (Å²) >= 11 is 0. The Labute approximate surface area is 313 Å². The third-order valence-corrected chi connectivity index (χ3v) is 11.3. The molecule has 0 N–H and O–H groups in total. The van der Waals surface area contributed by atoms with E-state index in [1.807, 2.05) is 0 Å². The quantitative estimate of drug-likeness (QED) is 0.169. The molecule has 0 spiro atoms. The van der Waals surface area contributed by atoms with Gasteiger partial charge >= 0.3 is 0 Å². The van der Waals surface area contributed by atoms with E-state index >= 15 is 0 Å². The second kappa shape index (κ2) is 12.0. The van der Waals surface area contributed by atoms with E-state index in [9.17, 15) is 0 Å². The lowest BCUT2D eigenvalue weighted by molar-refractivity contribution is 1.10. The number of aromatic nitrogens is 2. The number of hydrogen-bond acceptors (Lipinski definition) is 1. The molecule has 0 unspecified atom stereocenters. The Kier molecular flexibility index (Phi) is 6.80. The van der Waals surface area contributed by atoms with Gasteiger partial charge in [0.15, 0.2) is 0 Å². The van der Waals surface area contributed by atoms with Crippen molar-refractivity contribution in [3.8, 4) is 39.3 Å². The summed E-state index contributed by atoms with van der Waals surface area (Å²) < 4.78 is 2.26. The van der Waals surface area contributed by atoms with Gasteiger partial charge in [-0.15, -0.1) is 0 Å². The molecular weight excluding hydrogens is 653 g/mol. The molecule has 252 valence electrons. The molecule has 11 rings (SSSR count). The summed E-state index contributed by atoms with van der Waals surface area (Å²) in [5, 5.41) is 12.7. The fourth-order valence-electron chi connectivity index (χ4n) is 8.71. The summed E-state index contributed by atoms with van der Waals surface area (Å²) in [5.41, 5.74) is 10.6. The molecule has 0 saturated heterocycles. The number of rotatable bonds is 4. The van der Waals surface area contributed by atoms with Crippen molar-refractivity contribution in [1.82, 2.24) is 9.55 Å². The van der Waals surface area contributed by atoms with Gasteiger partial charge in [0.25, 0.3) is 0 Å². The Bertz CT molecular complexity index is 3280. The third-order valence-electron chi connectivity index (χ3n) is 11.3. The van der Waals surface area contributed by atoms with E-state index in [-0.39, 0.29) is 0 Å². The maximum Gasteiger partial charge on any atom is 0.145 e. The minimum absolute atomic E-state index is 0.946. The smallest absolute Gasteiger partial charge is 0.145 e. The Hall–Kier alpha value is -7.03. The number of benzene rings is 10. The standard InChI is InChI=1S/C52H34N2/c1-33-10-7-11-34-20-21-36-13-9-17-46(51(36)49(33)34)45-16-8-12-35-22-26-41-31-40(28-29-44(41)50(35)45)37-23-24-39-32-42(27-25-38(39)30-37)52-53-47-18-5-6-19-48(47)54(52)43-14-3-2-4-15-43/h2-32H,1H3. The topological polar surface area (TPSA) is 17.8 Å². The summed E-state index contributed by atoms with van der Waals surface area (Å²) in [6.45, 7) is 2.23. The molecule has 0 aliphatic carbocycles. The van der Waals surface area contributed by atoms with E-state index in [0.29, 0.717) is 0 Å². The molecule has 54 heavy (non-hydrogen) atoms. The van der Waals surface area contributed by atoms with Crippen LogP contribution >= 0.6 is 0 Å². The molecule has 0 aliphatic rings. The Morgan fingerprint density at radius 2 is 0.944 bits per heavy atom. The highest BCUT2D eigenvalue weighted by Gasteiger charge is 2.16. The summed E-state index contributed by atoms with van der Waals surface area (Å²) in [6, 6.07) is 68.6. The van der Waals surface area contributed by atoms with E-state index in [0.717, 1.165) is 28.1 Å². The van der Waals surface area contributed by atoms with Crippen LogP contribution in [0.5, 0.6) is 0 Å². The molecule has 0 radical (unpaired) electrons. The molecule has 10 aromatic carbocycles. The van der Waals surface area contributed by atoms with Crippen LogP contribution in [0.25, 0.3) is 104 Å². The highest BCUT2D eigenvalue weighted by Crippen LogP contribution is 2.42. The predicted octanol–water partition coefficient (Wildman–Crippen LogP) is 14.1. The number of nitrogens with zero attached hydrogens (tertiary/aromatic N) is 2. The number of hydrogen-bond donors (Lipinski definition) is 0. The van der Waals surface area contributed by atoms with E-state index in [4.69, 9.17) is 4.98 Å². The SMILES string of the molecule is Cc1cccc2ccc3cccc(-c4cccc5ccc6cc(-c7ccc8cc(-c9nc%10ccccc%10n9-c9ccccc9)ccc8c7)ccc6c45)c3c12. The molecule has 1 heterocycles. The lowest BCUT2D eigenvalue weighted by Gasteiger charge is -2.16. The molecule has 0 aliphatic heterocycles. The first-order chi connectivity index (χ1) is 26.7. The van der Waals surface area contributed by atoms with Crippen LogP contribution in [0.15, 0.2) is 188 Å². The lowest BCUT2D eigenvalue weighted by atomic mass is 9.88. The van der Waals surface area contributed by atoms with Gasteiger partial charge in [-0.05, 0) is 131 Å². The first-order valence-electron chi connectivity index (χ1n) is 18.6. The van der Waals surface area contributed by atoms with Crippen LogP contribution in [-0.2, 0) is 0 Å². The van der Waals surface area contributed by atoms with Gasteiger partial charge in [0.1, 0.15) is 5.82 Å². The first kappa shape index (κ1) is 30.6. The van der Waals surface area contributed by atoms with Gasteiger partial charge in [-0.2, -0.15) is 0 Å². The molecule has 0 saturated carbocycles. The van der Waals surface area contributed by atoms with Crippen molar-refractivity contribution in [2.75, 3.05) is 0 Å². The Balaban J connectivity index is 1.02. The molecule has 0 fully saturated rings. The highest BCUT2D eigenvalue weighted by molar-refractivity contribution is 6.21. The molecule has 2 heteroatoms. The van der Waals surface area contributed by atoms with Gasteiger partial charge < -0.3 is 0 Å². The number of fused-ring (bicyclic) bond motifs is 8. The monoisotopic (exact) mass is 686 g/mol. The van der Waals surface area contributed by atoms with Crippen LogP contribution in [0.4, 0.5) is 0 Å². The van der Waals surface area contributed by atoms with Crippen LogP contribution < -0.4 is 0 Å². The zero-order valence-electron chi connectivity index (χ0n) is 29.8. The van der Waals surface area contributed by atoms with E-state index in [1.165, 1.54) is 81.7 Å². The lowest BCUT2D eigenvalue weighted by Crippen LogP contribution is -1.97. The molecule has 2 nitrogen and oxygen atoms in total. The number of para-hydroxylation sites is 3. The fraction of sp³-hybridized carbons (Fsp3) is 0.0192. The van der Waals surface area contributed by atoms with Crippen molar-refractivity contribution in [3.63, 3.8) is 0 Å². The van der Waals surface area contributed by atoms with Crippen LogP contribution in [0.3, 0.4) is 0 Å². The third kappa shape index (κ3) is 4.77. The Morgan fingerprint density at radius 3 is 1.72 bits per heavy atom. The Morgan fingerprint density at radius 1 is 0.389 bits per heavy atom. The van der Waals surface area contributed by atoms with Gasteiger partial charge in [-0.25, -0.2) is 4.98 Å². The molecule has 0 atom stereocenters. The normalized spacial score (nSPS) is 11.8. The van der Waals surface area contributed by atoms with Crippen LogP contribution in [0, 0.1) is 6.92 Å². The summed E-state index contributed by atoms with van der Waals surface area (Å²) in [6.07, 6.45) is 0. The van der Waals surface area contributed by atoms with Crippen LogP contribution in [0.1, 0.15) is 5.56 Å². The second-order valence-corrected chi connectivity index (χ2v) is 14.4. The van der Waals surface area contributed by atoms with Gasteiger partial charge in [0.05, 0.1) is 11.0 Å². The maximum atomic E-state index is 5.10. The zero-order valence-corrected chi connectivity index (χ0v) is 29.8. The summed E-state index contributed by atoms with van der Waals surface area (Å²) in [5.74, 6) is 0.946.